The highest BCUT2D eigenvalue weighted by Gasteiger charge is 2.12. The standard InChI is InChI=1S/C18H23NS/c1-15-8-10-16(11-9-15)12-19(2)13-18(14-20)17-6-4-3-5-7-17/h3-11,18,20H,12-14H2,1-2H3. The molecule has 106 valence electrons. The Morgan fingerprint density at radius 1 is 1.00 bits per heavy atom. The van der Waals surface area contributed by atoms with E-state index in [2.05, 4.69) is 86.1 Å². The monoisotopic (exact) mass is 285 g/mol. The Labute approximate surface area is 128 Å². The van der Waals surface area contributed by atoms with Crippen molar-refractivity contribution in [3.05, 3.63) is 71.3 Å². The molecule has 0 radical (unpaired) electrons. The predicted octanol–water partition coefficient (Wildman–Crippen LogP) is 4.14. The third-order valence-corrected chi connectivity index (χ3v) is 4.04. The lowest BCUT2D eigenvalue weighted by molar-refractivity contribution is 0.311. The van der Waals surface area contributed by atoms with Crippen LogP contribution < -0.4 is 0 Å². The Balaban J connectivity index is 1.95. The first-order chi connectivity index (χ1) is 9.69. The van der Waals surface area contributed by atoms with Crippen LogP contribution in [0.3, 0.4) is 0 Å². The third kappa shape index (κ3) is 4.39. The summed E-state index contributed by atoms with van der Waals surface area (Å²) in [6, 6.07) is 19.4. The summed E-state index contributed by atoms with van der Waals surface area (Å²) in [6.45, 7) is 4.14. The summed E-state index contributed by atoms with van der Waals surface area (Å²) in [5.41, 5.74) is 4.05. The maximum atomic E-state index is 4.51. The summed E-state index contributed by atoms with van der Waals surface area (Å²) in [7, 11) is 2.18. The van der Waals surface area contributed by atoms with Gasteiger partial charge in [-0.1, -0.05) is 60.2 Å². The molecule has 2 aromatic carbocycles. The van der Waals surface area contributed by atoms with Gasteiger partial charge >= 0.3 is 0 Å². The highest BCUT2D eigenvalue weighted by molar-refractivity contribution is 7.80. The number of nitrogens with zero attached hydrogens (tertiary/aromatic N) is 1. The summed E-state index contributed by atoms with van der Waals surface area (Å²) in [5, 5.41) is 0. The highest BCUT2D eigenvalue weighted by atomic mass is 32.1. The molecule has 0 fully saturated rings. The number of hydrogen-bond acceptors (Lipinski definition) is 2. The SMILES string of the molecule is Cc1ccc(CN(C)CC(CS)c2ccccc2)cc1. The van der Waals surface area contributed by atoms with E-state index in [9.17, 15) is 0 Å². The Kier molecular flexibility index (Phi) is 5.69. The van der Waals surface area contributed by atoms with Crippen molar-refractivity contribution in [3.8, 4) is 0 Å². The van der Waals surface area contributed by atoms with E-state index < -0.39 is 0 Å². The maximum absolute atomic E-state index is 4.51. The van der Waals surface area contributed by atoms with Crippen LogP contribution in [0.2, 0.25) is 0 Å². The van der Waals surface area contributed by atoms with Gasteiger partial charge in [-0.15, -0.1) is 0 Å². The zero-order valence-corrected chi connectivity index (χ0v) is 13.2. The van der Waals surface area contributed by atoms with Crippen LogP contribution in [0.25, 0.3) is 0 Å². The largest absolute Gasteiger partial charge is 0.301 e. The topological polar surface area (TPSA) is 3.24 Å². The van der Waals surface area contributed by atoms with Crippen molar-refractivity contribution in [2.24, 2.45) is 0 Å². The van der Waals surface area contributed by atoms with Gasteiger partial charge in [-0.05, 0) is 30.9 Å². The molecule has 1 atom stereocenters. The van der Waals surface area contributed by atoms with Gasteiger partial charge in [0, 0.05) is 19.0 Å². The van der Waals surface area contributed by atoms with Crippen LogP contribution in [0.15, 0.2) is 54.6 Å². The van der Waals surface area contributed by atoms with E-state index >= 15 is 0 Å². The summed E-state index contributed by atoms with van der Waals surface area (Å²) in [6.07, 6.45) is 0. The van der Waals surface area contributed by atoms with Crippen molar-refractivity contribution in [1.29, 1.82) is 0 Å². The van der Waals surface area contributed by atoms with Crippen molar-refractivity contribution >= 4 is 12.6 Å². The maximum Gasteiger partial charge on any atom is 0.0230 e. The van der Waals surface area contributed by atoms with Crippen LogP contribution in [0.5, 0.6) is 0 Å². The molecule has 0 spiro atoms. The summed E-state index contributed by atoms with van der Waals surface area (Å²) in [4.78, 5) is 2.37. The quantitative estimate of drug-likeness (QED) is 0.781. The number of rotatable bonds is 6. The zero-order valence-electron chi connectivity index (χ0n) is 12.3. The van der Waals surface area contributed by atoms with Gasteiger partial charge in [0.2, 0.25) is 0 Å². The number of hydrogen-bond donors (Lipinski definition) is 1. The molecule has 0 N–H and O–H groups in total. The molecule has 0 heterocycles. The number of likely N-dealkylation sites (N-methyl/N-ethyl adjacent to an activating group) is 1. The molecule has 0 saturated heterocycles. The highest BCUT2D eigenvalue weighted by Crippen LogP contribution is 2.19. The number of aryl methyl sites for hydroxylation is 1. The minimum absolute atomic E-state index is 0.481. The van der Waals surface area contributed by atoms with E-state index in [0.717, 1.165) is 18.8 Å². The molecule has 1 unspecified atom stereocenters. The second-order valence-corrected chi connectivity index (χ2v) is 5.84. The molecule has 0 aromatic heterocycles. The fourth-order valence-electron chi connectivity index (χ4n) is 2.44. The number of benzene rings is 2. The van der Waals surface area contributed by atoms with E-state index in [0.29, 0.717) is 5.92 Å². The smallest absolute Gasteiger partial charge is 0.0230 e. The predicted molar refractivity (Wildman–Crippen MR) is 90.5 cm³/mol. The van der Waals surface area contributed by atoms with Gasteiger partial charge in [0.15, 0.2) is 0 Å². The fourth-order valence-corrected chi connectivity index (χ4v) is 2.77. The lowest BCUT2D eigenvalue weighted by Crippen LogP contribution is -2.25. The van der Waals surface area contributed by atoms with Crippen molar-refractivity contribution in [2.75, 3.05) is 19.3 Å². The van der Waals surface area contributed by atoms with Crippen molar-refractivity contribution < 1.29 is 0 Å². The fraction of sp³-hybridized carbons (Fsp3) is 0.333. The minimum Gasteiger partial charge on any atom is -0.301 e. The molecular weight excluding hydrogens is 262 g/mol. The lowest BCUT2D eigenvalue weighted by Gasteiger charge is -2.23. The van der Waals surface area contributed by atoms with Crippen LogP contribution in [-0.4, -0.2) is 24.2 Å². The Morgan fingerprint density at radius 2 is 1.65 bits per heavy atom. The van der Waals surface area contributed by atoms with Crippen LogP contribution >= 0.6 is 12.6 Å². The molecule has 0 aliphatic carbocycles. The van der Waals surface area contributed by atoms with Crippen LogP contribution in [0.1, 0.15) is 22.6 Å². The molecule has 0 aliphatic rings. The van der Waals surface area contributed by atoms with Gasteiger partial charge in [0.05, 0.1) is 0 Å². The molecular formula is C18H23NS. The minimum atomic E-state index is 0.481. The van der Waals surface area contributed by atoms with Gasteiger partial charge < -0.3 is 4.90 Å². The van der Waals surface area contributed by atoms with E-state index in [-0.39, 0.29) is 0 Å². The van der Waals surface area contributed by atoms with Crippen molar-refractivity contribution in [2.45, 2.75) is 19.4 Å². The molecule has 20 heavy (non-hydrogen) atoms. The molecule has 2 aromatic rings. The van der Waals surface area contributed by atoms with Gasteiger partial charge in [0.1, 0.15) is 0 Å². The molecule has 0 saturated carbocycles. The summed E-state index contributed by atoms with van der Waals surface area (Å²) in [5.74, 6) is 1.36. The zero-order chi connectivity index (χ0) is 14.4. The average molecular weight is 285 g/mol. The first kappa shape index (κ1) is 15.1. The molecule has 0 amide bonds. The van der Waals surface area contributed by atoms with Crippen LogP contribution in [-0.2, 0) is 6.54 Å². The van der Waals surface area contributed by atoms with Crippen LogP contribution in [0, 0.1) is 6.92 Å². The van der Waals surface area contributed by atoms with Gasteiger partial charge in [-0.25, -0.2) is 0 Å². The normalized spacial score (nSPS) is 12.6. The second kappa shape index (κ2) is 7.51. The van der Waals surface area contributed by atoms with Gasteiger partial charge in [0.25, 0.3) is 0 Å². The Bertz CT molecular complexity index is 507. The summed E-state index contributed by atoms with van der Waals surface area (Å²) >= 11 is 4.51. The average Bonchev–Trinajstić information content (AvgIpc) is 2.48. The Morgan fingerprint density at radius 3 is 2.25 bits per heavy atom. The van der Waals surface area contributed by atoms with Crippen molar-refractivity contribution in [1.82, 2.24) is 4.90 Å². The summed E-state index contributed by atoms with van der Waals surface area (Å²) < 4.78 is 0. The second-order valence-electron chi connectivity index (χ2n) is 5.47. The van der Waals surface area contributed by atoms with Crippen molar-refractivity contribution in [3.63, 3.8) is 0 Å². The third-order valence-electron chi connectivity index (χ3n) is 3.60. The molecule has 1 nitrogen and oxygen atoms in total. The molecule has 2 heteroatoms. The van der Waals surface area contributed by atoms with Gasteiger partial charge in [-0.3, -0.25) is 0 Å². The molecule has 0 aliphatic heterocycles. The van der Waals surface area contributed by atoms with E-state index in [4.69, 9.17) is 0 Å². The van der Waals surface area contributed by atoms with E-state index in [1.54, 1.807) is 0 Å². The van der Waals surface area contributed by atoms with E-state index in [1.165, 1.54) is 16.7 Å². The van der Waals surface area contributed by atoms with Gasteiger partial charge in [-0.2, -0.15) is 12.6 Å². The first-order valence-electron chi connectivity index (χ1n) is 7.09. The Hall–Kier alpha value is -1.25. The number of thiol groups is 1. The lowest BCUT2D eigenvalue weighted by atomic mass is 10.0. The van der Waals surface area contributed by atoms with Crippen LogP contribution in [0.4, 0.5) is 0 Å². The first-order valence-corrected chi connectivity index (χ1v) is 7.72. The molecule has 0 bridgehead atoms. The molecule has 2 rings (SSSR count). The van der Waals surface area contributed by atoms with E-state index in [1.807, 2.05) is 0 Å².